The van der Waals surface area contributed by atoms with Gasteiger partial charge in [-0.25, -0.2) is 18.7 Å². The highest BCUT2D eigenvalue weighted by Crippen LogP contribution is 2.13. The lowest BCUT2D eigenvalue weighted by atomic mass is 10.5. The minimum Gasteiger partial charge on any atom is -0.354 e. The number of alkyl halides is 2. The summed E-state index contributed by atoms with van der Waals surface area (Å²) in [7, 11) is 1.52. The van der Waals surface area contributed by atoms with Crippen molar-refractivity contribution in [2.75, 3.05) is 18.5 Å². The van der Waals surface area contributed by atoms with Crippen molar-refractivity contribution in [3.8, 4) is 0 Å². The molecule has 1 aromatic rings. The Morgan fingerprint density at radius 3 is 2.77 bits per heavy atom. The van der Waals surface area contributed by atoms with E-state index >= 15 is 0 Å². The summed E-state index contributed by atoms with van der Waals surface area (Å²) < 4.78 is 23.9. The zero-order chi connectivity index (χ0) is 9.84. The largest absolute Gasteiger partial charge is 0.354 e. The van der Waals surface area contributed by atoms with Gasteiger partial charge in [-0.15, -0.1) is 0 Å². The van der Waals surface area contributed by atoms with E-state index in [0.717, 1.165) is 0 Å². The number of aromatic nitrogens is 2. The standard InChI is InChI=1S/C7H8ClF2N3/c1-13(3-6(9)10)7-2-5(8)11-4-12-7/h2,4,6H,3H2,1H3. The Kier molecular flexibility index (Phi) is 3.36. The first-order chi connectivity index (χ1) is 6.09. The van der Waals surface area contributed by atoms with Gasteiger partial charge in [-0.05, 0) is 0 Å². The van der Waals surface area contributed by atoms with Crippen LogP contribution >= 0.6 is 11.6 Å². The lowest BCUT2D eigenvalue weighted by Crippen LogP contribution is -2.24. The van der Waals surface area contributed by atoms with Crippen LogP contribution in [0.15, 0.2) is 12.4 Å². The summed E-state index contributed by atoms with van der Waals surface area (Å²) >= 11 is 5.56. The maximum Gasteiger partial charge on any atom is 0.255 e. The highest BCUT2D eigenvalue weighted by Gasteiger charge is 2.09. The molecule has 13 heavy (non-hydrogen) atoms. The van der Waals surface area contributed by atoms with Gasteiger partial charge in [0, 0.05) is 13.1 Å². The Morgan fingerprint density at radius 2 is 2.23 bits per heavy atom. The molecule has 3 nitrogen and oxygen atoms in total. The van der Waals surface area contributed by atoms with Gasteiger partial charge in [-0.3, -0.25) is 0 Å². The van der Waals surface area contributed by atoms with Gasteiger partial charge in [0.15, 0.2) is 0 Å². The van der Waals surface area contributed by atoms with Crippen LogP contribution < -0.4 is 4.90 Å². The molecule has 0 aromatic carbocycles. The van der Waals surface area contributed by atoms with Crippen molar-refractivity contribution in [2.24, 2.45) is 0 Å². The minimum absolute atomic E-state index is 0.242. The van der Waals surface area contributed by atoms with E-state index in [1.807, 2.05) is 0 Å². The number of hydrogen-bond acceptors (Lipinski definition) is 3. The molecule has 0 unspecified atom stereocenters. The normalized spacial score (nSPS) is 10.5. The van der Waals surface area contributed by atoms with Crippen molar-refractivity contribution in [3.63, 3.8) is 0 Å². The van der Waals surface area contributed by atoms with Gasteiger partial charge in [0.2, 0.25) is 0 Å². The molecule has 1 heterocycles. The smallest absolute Gasteiger partial charge is 0.255 e. The predicted molar refractivity (Wildman–Crippen MR) is 46.3 cm³/mol. The fraction of sp³-hybridized carbons (Fsp3) is 0.429. The molecule has 0 saturated carbocycles. The Morgan fingerprint density at radius 1 is 1.54 bits per heavy atom. The van der Waals surface area contributed by atoms with E-state index in [0.29, 0.717) is 5.82 Å². The average molecular weight is 208 g/mol. The predicted octanol–water partition coefficient (Wildman–Crippen LogP) is 1.83. The number of rotatable bonds is 3. The van der Waals surface area contributed by atoms with Crippen LogP contribution in [0.2, 0.25) is 5.15 Å². The Labute approximate surface area is 79.4 Å². The van der Waals surface area contributed by atoms with Crippen molar-refractivity contribution in [1.29, 1.82) is 0 Å². The van der Waals surface area contributed by atoms with E-state index in [9.17, 15) is 8.78 Å². The van der Waals surface area contributed by atoms with Crippen molar-refractivity contribution in [3.05, 3.63) is 17.5 Å². The van der Waals surface area contributed by atoms with Gasteiger partial charge in [0.1, 0.15) is 17.3 Å². The molecule has 0 atom stereocenters. The second-order valence-corrected chi connectivity index (χ2v) is 2.86. The van der Waals surface area contributed by atoms with Gasteiger partial charge in [-0.2, -0.15) is 0 Å². The molecular formula is C7H8ClF2N3. The first kappa shape index (κ1) is 10.1. The minimum atomic E-state index is -2.39. The van der Waals surface area contributed by atoms with E-state index in [4.69, 9.17) is 11.6 Å². The van der Waals surface area contributed by atoms with Crippen molar-refractivity contribution in [2.45, 2.75) is 6.43 Å². The quantitative estimate of drug-likeness (QED) is 0.709. The number of halogens is 3. The SMILES string of the molecule is CN(CC(F)F)c1cc(Cl)ncn1. The van der Waals surface area contributed by atoms with E-state index in [-0.39, 0.29) is 11.7 Å². The second kappa shape index (κ2) is 4.32. The molecule has 0 N–H and O–H groups in total. The zero-order valence-corrected chi connectivity index (χ0v) is 7.67. The Hall–Kier alpha value is -0.970. The summed E-state index contributed by atoms with van der Waals surface area (Å²) in [5.41, 5.74) is 0. The Bertz CT molecular complexity index is 282. The fourth-order valence-electron chi connectivity index (χ4n) is 0.834. The number of nitrogens with zero attached hydrogens (tertiary/aromatic N) is 3. The highest BCUT2D eigenvalue weighted by atomic mass is 35.5. The summed E-state index contributed by atoms with van der Waals surface area (Å²) in [5.74, 6) is 0.389. The first-order valence-electron chi connectivity index (χ1n) is 3.56. The molecule has 0 aliphatic rings. The topological polar surface area (TPSA) is 29.0 Å². The van der Waals surface area contributed by atoms with E-state index in [1.165, 1.54) is 24.3 Å². The van der Waals surface area contributed by atoms with Gasteiger partial charge in [0.25, 0.3) is 6.43 Å². The number of anilines is 1. The monoisotopic (exact) mass is 207 g/mol. The van der Waals surface area contributed by atoms with Crippen molar-refractivity contribution in [1.82, 2.24) is 9.97 Å². The lowest BCUT2D eigenvalue weighted by molar-refractivity contribution is 0.156. The lowest BCUT2D eigenvalue weighted by Gasteiger charge is -2.16. The maximum absolute atomic E-state index is 12.0. The number of hydrogen-bond donors (Lipinski definition) is 0. The fourth-order valence-corrected chi connectivity index (χ4v) is 0.975. The third-order valence-corrected chi connectivity index (χ3v) is 1.63. The van der Waals surface area contributed by atoms with Crippen LogP contribution in [0.1, 0.15) is 0 Å². The third-order valence-electron chi connectivity index (χ3n) is 1.42. The molecule has 0 radical (unpaired) electrons. The molecule has 0 spiro atoms. The van der Waals surface area contributed by atoms with E-state index in [2.05, 4.69) is 9.97 Å². The van der Waals surface area contributed by atoms with Crippen LogP contribution in [0.25, 0.3) is 0 Å². The van der Waals surface area contributed by atoms with Gasteiger partial charge >= 0.3 is 0 Å². The van der Waals surface area contributed by atoms with Crippen LogP contribution in [0.5, 0.6) is 0 Å². The van der Waals surface area contributed by atoms with Gasteiger partial charge < -0.3 is 4.90 Å². The zero-order valence-electron chi connectivity index (χ0n) is 6.91. The molecule has 1 rings (SSSR count). The highest BCUT2D eigenvalue weighted by molar-refractivity contribution is 6.29. The third kappa shape index (κ3) is 3.10. The second-order valence-electron chi connectivity index (χ2n) is 2.47. The molecule has 72 valence electrons. The van der Waals surface area contributed by atoms with Gasteiger partial charge in [-0.1, -0.05) is 11.6 Å². The summed E-state index contributed by atoms with van der Waals surface area (Å²) in [4.78, 5) is 8.75. The van der Waals surface area contributed by atoms with Crippen LogP contribution in [0, 0.1) is 0 Å². The maximum atomic E-state index is 12.0. The average Bonchev–Trinajstić information content (AvgIpc) is 2.03. The van der Waals surface area contributed by atoms with Crippen LogP contribution in [-0.4, -0.2) is 30.0 Å². The molecule has 0 fully saturated rings. The molecule has 0 aliphatic heterocycles. The molecular weight excluding hydrogens is 200 g/mol. The Balaban J connectivity index is 2.71. The van der Waals surface area contributed by atoms with Crippen LogP contribution in [0.3, 0.4) is 0 Å². The summed E-state index contributed by atoms with van der Waals surface area (Å²) in [5, 5.41) is 0.242. The van der Waals surface area contributed by atoms with Gasteiger partial charge in [0.05, 0.1) is 6.54 Å². The summed E-state index contributed by atoms with van der Waals surface area (Å²) in [6, 6.07) is 1.43. The molecule has 0 amide bonds. The molecule has 0 saturated heterocycles. The molecule has 6 heteroatoms. The van der Waals surface area contributed by atoms with Crippen LogP contribution in [-0.2, 0) is 0 Å². The van der Waals surface area contributed by atoms with Crippen LogP contribution in [0.4, 0.5) is 14.6 Å². The molecule has 0 aliphatic carbocycles. The summed E-state index contributed by atoms with van der Waals surface area (Å²) in [6.45, 7) is -0.368. The van der Waals surface area contributed by atoms with E-state index in [1.54, 1.807) is 0 Å². The summed E-state index contributed by atoms with van der Waals surface area (Å²) in [6.07, 6.45) is -1.15. The first-order valence-corrected chi connectivity index (χ1v) is 3.94. The van der Waals surface area contributed by atoms with Crippen molar-refractivity contribution >= 4 is 17.4 Å². The van der Waals surface area contributed by atoms with E-state index < -0.39 is 6.43 Å². The molecule has 1 aromatic heterocycles. The van der Waals surface area contributed by atoms with Crippen molar-refractivity contribution < 1.29 is 8.78 Å². The molecule has 0 bridgehead atoms.